The summed E-state index contributed by atoms with van der Waals surface area (Å²) >= 11 is 0. The largest absolute Gasteiger partial charge is 0.365 e. The van der Waals surface area contributed by atoms with Crippen LogP contribution in [0.1, 0.15) is 36.5 Å². The first-order valence-electron chi connectivity index (χ1n) is 8.69. The van der Waals surface area contributed by atoms with Gasteiger partial charge in [0.25, 0.3) is 12.0 Å². The molecule has 2 heterocycles. The molecule has 0 bridgehead atoms. The normalized spacial score (nSPS) is 11.2. The topological polar surface area (TPSA) is 59.8 Å². The monoisotopic (exact) mass is 388 g/mol. The quantitative estimate of drug-likeness (QED) is 0.667. The number of hydrogen-bond acceptors (Lipinski definition) is 4. The third kappa shape index (κ3) is 3.49. The molecule has 3 rings (SSSR count). The molecule has 28 heavy (non-hydrogen) atoms. The molecule has 0 saturated heterocycles. The SMILES string of the molecule is C=C(CC)n1cc2c(NCc3cccc(C(F)F)c3F)ncnc2c(C)c1=O. The zero-order valence-corrected chi connectivity index (χ0v) is 15.5. The first-order valence-corrected chi connectivity index (χ1v) is 8.69. The van der Waals surface area contributed by atoms with Gasteiger partial charge in [-0.3, -0.25) is 9.36 Å². The van der Waals surface area contributed by atoms with Gasteiger partial charge in [0.15, 0.2) is 0 Å². The number of hydrogen-bond donors (Lipinski definition) is 1. The number of aryl methyl sites for hydroxylation is 1. The molecule has 0 amide bonds. The van der Waals surface area contributed by atoms with Crippen molar-refractivity contribution < 1.29 is 13.2 Å². The minimum Gasteiger partial charge on any atom is -0.365 e. The molecule has 0 unspecified atom stereocenters. The molecule has 1 aromatic carbocycles. The minimum absolute atomic E-state index is 0.0502. The van der Waals surface area contributed by atoms with Crippen LogP contribution in [0.4, 0.5) is 19.0 Å². The fourth-order valence-corrected chi connectivity index (χ4v) is 2.92. The predicted molar refractivity (Wildman–Crippen MR) is 103 cm³/mol. The van der Waals surface area contributed by atoms with E-state index in [4.69, 9.17) is 0 Å². The Morgan fingerprint density at radius 2 is 2.07 bits per heavy atom. The zero-order chi connectivity index (χ0) is 20.4. The maximum Gasteiger partial charge on any atom is 0.266 e. The molecular formula is C20H19F3N4O. The van der Waals surface area contributed by atoms with Gasteiger partial charge in [0, 0.05) is 29.6 Å². The molecule has 0 fully saturated rings. The highest BCUT2D eigenvalue weighted by atomic mass is 19.3. The third-order valence-corrected chi connectivity index (χ3v) is 4.58. The molecule has 0 saturated carbocycles. The number of fused-ring (bicyclic) bond motifs is 1. The van der Waals surface area contributed by atoms with Crippen LogP contribution < -0.4 is 10.9 Å². The number of pyridine rings is 1. The Labute approximate surface area is 159 Å². The highest BCUT2D eigenvalue weighted by Gasteiger charge is 2.17. The second kappa shape index (κ2) is 7.84. The second-order valence-electron chi connectivity index (χ2n) is 6.31. The van der Waals surface area contributed by atoms with E-state index in [-0.39, 0.29) is 17.7 Å². The second-order valence-corrected chi connectivity index (χ2v) is 6.31. The van der Waals surface area contributed by atoms with E-state index in [0.717, 1.165) is 6.07 Å². The molecule has 2 aromatic heterocycles. The highest BCUT2D eigenvalue weighted by molar-refractivity contribution is 5.90. The molecule has 146 valence electrons. The summed E-state index contributed by atoms with van der Waals surface area (Å²) < 4.78 is 41.5. The molecule has 3 aromatic rings. The molecule has 0 atom stereocenters. The maximum absolute atomic E-state index is 14.3. The fourth-order valence-electron chi connectivity index (χ4n) is 2.92. The van der Waals surface area contributed by atoms with Gasteiger partial charge in [-0.2, -0.15) is 0 Å². The lowest BCUT2D eigenvalue weighted by Gasteiger charge is -2.14. The lowest BCUT2D eigenvalue weighted by molar-refractivity contribution is 0.146. The van der Waals surface area contributed by atoms with Crippen molar-refractivity contribution in [3.05, 3.63) is 70.2 Å². The summed E-state index contributed by atoms with van der Waals surface area (Å²) in [5.74, 6) is -0.580. The molecule has 0 aliphatic carbocycles. The summed E-state index contributed by atoms with van der Waals surface area (Å²) in [6.45, 7) is 7.39. The Hall–Kier alpha value is -3.16. The third-order valence-electron chi connectivity index (χ3n) is 4.58. The number of aromatic nitrogens is 3. The number of rotatable bonds is 6. The van der Waals surface area contributed by atoms with E-state index in [1.54, 1.807) is 13.1 Å². The van der Waals surface area contributed by atoms with Gasteiger partial charge in [-0.15, -0.1) is 0 Å². The van der Waals surface area contributed by atoms with E-state index < -0.39 is 17.8 Å². The number of nitrogens with one attached hydrogen (secondary N) is 1. The highest BCUT2D eigenvalue weighted by Crippen LogP contribution is 2.26. The molecular weight excluding hydrogens is 369 g/mol. The molecule has 1 N–H and O–H groups in total. The summed E-state index contributed by atoms with van der Waals surface area (Å²) in [7, 11) is 0. The first kappa shape index (κ1) is 19.6. The number of allylic oxidation sites excluding steroid dienone is 1. The Morgan fingerprint density at radius 3 is 2.75 bits per heavy atom. The van der Waals surface area contributed by atoms with Gasteiger partial charge in [-0.05, 0) is 13.3 Å². The van der Waals surface area contributed by atoms with Crippen molar-refractivity contribution in [2.45, 2.75) is 33.2 Å². The zero-order valence-electron chi connectivity index (χ0n) is 15.5. The van der Waals surface area contributed by atoms with Gasteiger partial charge in [0.2, 0.25) is 0 Å². The average Bonchev–Trinajstić information content (AvgIpc) is 2.69. The van der Waals surface area contributed by atoms with Crippen LogP contribution in [-0.4, -0.2) is 14.5 Å². The molecule has 0 spiro atoms. The minimum atomic E-state index is -2.89. The number of halogens is 3. The van der Waals surface area contributed by atoms with E-state index in [2.05, 4.69) is 21.9 Å². The lowest BCUT2D eigenvalue weighted by Crippen LogP contribution is -2.21. The molecule has 8 heteroatoms. The fraction of sp³-hybridized carbons (Fsp3) is 0.250. The Kier molecular flexibility index (Phi) is 5.48. The van der Waals surface area contributed by atoms with Gasteiger partial charge in [0.1, 0.15) is 18.0 Å². The van der Waals surface area contributed by atoms with Crippen molar-refractivity contribution in [3.63, 3.8) is 0 Å². The summed E-state index contributed by atoms with van der Waals surface area (Å²) in [4.78, 5) is 20.9. The molecule has 0 aliphatic rings. The van der Waals surface area contributed by atoms with Crippen LogP contribution in [0.3, 0.4) is 0 Å². The standard InChI is InChI=1S/C20H19F3N4O/c1-4-11(2)27-9-15-17(12(3)20(27)28)25-10-26-19(15)24-8-13-6-5-7-14(16(13)21)18(22)23/h5-7,9-10,18H,2,4,8H2,1,3H3,(H,24,25,26). The van der Waals surface area contributed by atoms with E-state index in [1.165, 1.54) is 23.0 Å². The number of nitrogens with zero attached hydrogens (tertiary/aromatic N) is 3. The van der Waals surface area contributed by atoms with Crippen LogP contribution in [0.2, 0.25) is 0 Å². The summed E-state index contributed by atoms with van der Waals surface area (Å²) in [5.41, 5.74) is 0.733. The molecule has 0 radical (unpaired) electrons. The number of benzene rings is 1. The first-order chi connectivity index (χ1) is 13.3. The Morgan fingerprint density at radius 1 is 1.32 bits per heavy atom. The molecule has 0 aliphatic heterocycles. The Bertz CT molecular complexity index is 1110. The van der Waals surface area contributed by atoms with Crippen molar-refractivity contribution >= 4 is 22.4 Å². The van der Waals surface area contributed by atoms with Crippen LogP contribution in [-0.2, 0) is 6.54 Å². The van der Waals surface area contributed by atoms with E-state index in [9.17, 15) is 18.0 Å². The van der Waals surface area contributed by atoms with E-state index in [1.807, 2.05) is 6.92 Å². The van der Waals surface area contributed by atoms with Crippen molar-refractivity contribution in [1.82, 2.24) is 14.5 Å². The lowest BCUT2D eigenvalue weighted by atomic mass is 10.1. The summed E-state index contributed by atoms with van der Waals surface area (Å²) in [6.07, 6.45) is 0.566. The summed E-state index contributed by atoms with van der Waals surface area (Å²) in [5, 5.41) is 3.52. The van der Waals surface area contributed by atoms with Crippen molar-refractivity contribution in [2.24, 2.45) is 0 Å². The Balaban J connectivity index is 2.03. The van der Waals surface area contributed by atoms with Gasteiger partial charge in [0.05, 0.1) is 16.5 Å². The van der Waals surface area contributed by atoms with Gasteiger partial charge in [-0.25, -0.2) is 23.1 Å². The summed E-state index contributed by atoms with van der Waals surface area (Å²) in [6, 6.07) is 3.87. The van der Waals surface area contributed by atoms with Gasteiger partial charge in [-0.1, -0.05) is 31.7 Å². The number of alkyl halides is 2. The van der Waals surface area contributed by atoms with Crippen molar-refractivity contribution in [3.8, 4) is 0 Å². The van der Waals surface area contributed by atoms with E-state index >= 15 is 0 Å². The van der Waals surface area contributed by atoms with Crippen LogP contribution in [0.25, 0.3) is 16.6 Å². The smallest absolute Gasteiger partial charge is 0.266 e. The van der Waals surface area contributed by atoms with Crippen LogP contribution >= 0.6 is 0 Å². The van der Waals surface area contributed by atoms with Crippen molar-refractivity contribution in [2.75, 3.05) is 5.32 Å². The van der Waals surface area contributed by atoms with E-state index in [0.29, 0.717) is 34.4 Å². The van der Waals surface area contributed by atoms with Crippen LogP contribution in [0.5, 0.6) is 0 Å². The van der Waals surface area contributed by atoms with Gasteiger partial charge < -0.3 is 5.32 Å². The maximum atomic E-state index is 14.3. The van der Waals surface area contributed by atoms with Crippen molar-refractivity contribution in [1.29, 1.82) is 0 Å². The van der Waals surface area contributed by atoms with Crippen LogP contribution in [0.15, 0.2) is 42.1 Å². The predicted octanol–water partition coefficient (Wildman–Crippen LogP) is 4.67. The number of anilines is 1. The molecule has 5 nitrogen and oxygen atoms in total. The van der Waals surface area contributed by atoms with Gasteiger partial charge >= 0.3 is 0 Å². The van der Waals surface area contributed by atoms with Crippen LogP contribution in [0, 0.1) is 12.7 Å². The average molecular weight is 388 g/mol.